The lowest BCUT2D eigenvalue weighted by Crippen LogP contribution is -2.23. The van der Waals surface area contributed by atoms with Crippen LogP contribution in [0.3, 0.4) is 0 Å². The topological polar surface area (TPSA) is 78.5 Å². The van der Waals surface area contributed by atoms with Gasteiger partial charge in [-0.3, -0.25) is 14.3 Å². The molecule has 1 amide bonds. The normalized spacial score (nSPS) is 12.1. The summed E-state index contributed by atoms with van der Waals surface area (Å²) < 4.78 is 9.32. The van der Waals surface area contributed by atoms with Gasteiger partial charge in [-0.1, -0.05) is 31.3 Å². The van der Waals surface area contributed by atoms with E-state index in [1.54, 1.807) is 35.5 Å². The van der Waals surface area contributed by atoms with E-state index in [1.807, 2.05) is 12.1 Å². The first kappa shape index (κ1) is 19.0. The maximum atomic E-state index is 12.5. The van der Waals surface area contributed by atoms with E-state index in [0.717, 1.165) is 10.2 Å². The number of aryl methyl sites for hydroxylation is 1. The van der Waals surface area contributed by atoms with Crippen molar-refractivity contribution in [3.05, 3.63) is 46.5 Å². The van der Waals surface area contributed by atoms with Gasteiger partial charge in [0.1, 0.15) is 6.54 Å². The molecule has 0 atom stereocenters. The number of aromatic nitrogens is 3. The Labute approximate surface area is 160 Å². The molecule has 0 bridgehead atoms. The molecule has 27 heavy (non-hydrogen) atoms. The summed E-state index contributed by atoms with van der Waals surface area (Å²) >= 11 is 1.38. The van der Waals surface area contributed by atoms with Gasteiger partial charge in [0.15, 0.2) is 10.5 Å². The van der Waals surface area contributed by atoms with Gasteiger partial charge in [0.25, 0.3) is 5.91 Å². The highest BCUT2D eigenvalue weighted by atomic mass is 32.1. The molecule has 0 unspecified atom stereocenters. The predicted molar refractivity (Wildman–Crippen MR) is 104 cm³/mol. The zero-order valence-electron chi connectivity index (χ0n) is 15.8. The minimum absolute atomic E-state index is 0.00317. The van der Waals surface area contributed by atoms with Gasteiger partial charge < -0.3 is 9.30 Å². The number of esters is 1. The molecule has 3 aromatic rings. The summed E-state index contributed by atoms with van der Waals surface area (Å²) in [4.78, 5) is 29.2. The summed E-state index contributed by atoms with van der Waals surface area (Å²) in [6.07, 6.45) is 1.69. The zero-order valence-corrected chi connectivity index (χ0v) is 16.6. The van der Waals surface area contributed by atoms with Crippen LogP contribution in [0.25, 0.3) is 10.2 Å². The number of ether oxygens (including phenoxy) is 1. The van der Waals surface area contributed by atoms with Crippen LogP contribution in [0, 0.1) is 0 Å². The molecule has 3 rings (SSSR count). The van der Waals surface area contributed by atoms with E-state index in [2.05, 4.69) is 30.0 Å². The van der Waals surface area contributed by atoms with E-state index in [1.165, 1.54) is 16.9 Å². The second-order valence-corrected chi connectivity index (χ2v) is 7.46. The highest BCUT2D eigenvalue weighted by molar-refractivity contribution is 7.16. The lowest BCUT2D eigenvalue weighted by Gasteiger charge is -2.07. The molecule has 142 valence electrons. The Hall–Kier alpha value is -2.74. The Morgan fingerprint density at radius 3 is 2.70 bits per heavy atom. The van der Waals surface area contributed by atoms with E-state index in [-0.39, 0.29) is 18.2 Å². The molecular formula is C19H22N4O3S. The number of hydrogen-bond donors (Lipinski definition) is 0. The second-order valence-electron chi connectivity index (χ2n) is 6.45. The Kier molecular flexibility index (Phi) is 5.55. The monoisotopic (exact) mass is 386 g/mol. The Morgan fingerprint density at radius 1 is 1.30 bits per heavy atom. The van der Waals surface area contributed by atoms with E-state index in [9.17, 15) is 9.59 Å². The average molecular weight is 386 g/mol. The number of thiazole rings is 1. The van der Waals surface area contributed by atoms with Crippen LogP contribution in [-0.4, -0.2) is 32.8 Å². The smallest absolute Gasteiger partial charge is 0.326 e. The lowest BCUT2D eigenvalue weighted by atomic mass is 10.0. The standard InChI is InChI=1S/C19H22N4O3S/c1-5-26-17(24)11-23-15-7-6-13(12(2)3)10-16(15)27-19(23)20-18(25)14-8-9-22(4)21-14/h6-10,12H,5,11H2,1-4H3. The molecule has 2 aromatic heterocycles. The van der Waals surface area contributed by atoms with Crippen LogP contribution in [0.4, 0.5) is 0 Å². The van der Waals surface area contributed by atoms with Crippen molar-refractivity contribution in [3.63, 3.8) is 0 Å². The number of fused-ring (bicyclic) bond motifs is 1. The van der Waals surface area contributed by atoms with Gasteiger partial charge in [-0.05, 0) is 36.6 Å². The van der Waals surface area contributed by atoms with Gasteiger partial charge in [-0.2, -0.15) is 10.1 Å². The van der Waals surface area contributed by atoms with E-state index >= 15 is 0 Å². The number of carbonyl (C=O) groups is 2. The van der Waals surface area contributed by atoms with Crippen molar-refractivity contribution in [1.29, 1.82) is 0 Å². The maximum absolute atomic E-state index is 12.5. The van der Waals surface area contributed by atoms with E-state index in [4.69, 9.17) is 4.74 Å². The van der Waals surface area contributed by atoms with Gasteiger partial charge in [-0.25, -0.2) is 0 Å². The summed E-state index contributed by atoms with van der Waals surface area (Å²) in [6, 6.07) is 7.69. The van der Waals surface area contributed by atoms with Gasteiger partial charge in [-0.15, -0.1) is 0 Å². The van der Waals surface area contributed by atoms with Gasteiger partial charge >= 0.3 is 5.97 Å². The summed E-state index contributed by atoms with van der Waals surface area (Å²) in [5.41, 5.74) is 2.31. The van der Waals surface area contributed by atoms with Crippen molar-refractivity contribution in [3.8, 4) is 0 Å². The number of amides is 1. The third kappa shape index (κ3) is 4.16. The number of carbonyl (C=O) groups excluding carboxylic acids is 2. The first-order valence-corrected chi connectivity index (χ1v) is 9.58. The molecule has 1 aromatic carbocycles. The molecule has 0 aliphatic carbocycles. The van der Waals surface area contributed by atoms with Gasteiger partial charge in [0.2, 0.25) is 0 Å². The number of nitrogens with zero attached hydrogens (tertiary/aromatic N) is 4. The molecule has 0 spiro atoms. The molecule has 8 heteroatoms. The third-order valence-corrected chi connectivity index (χ3v) is 5.14. The van der Waals surface area contributed by atoms with Crippen molar-refractivity contribution < 1.29 is 14.3 Å². The minimum Gasteiger partial charge on any atom is -0.465 e. The molecule has 0 saturated heterocycles. The molecule has 0 saturated carbocycles. The van der Waals surface area contributed by atoms with Crippen LogP contribution in [0.5, 0.6) is 0 Å². The Balaban J connectivity index is 2.12. The summed E-state index contributed by atoms with van der Waals surface area (Å²) in [7, 11) is 1.74. The first-order valence-electron chi connectivity index (χ1n) is 8.76. The minimum atomic E-state index is -0.441. The summed E-state index contributed by atoms with van der Waals surface area (Å²) in [6.45, 7) is 6.31. The molecule has 0 radical (unpaired) electrons. The Morgan fingerprint density at radius 2 is 2.07 bits per heavy atom. The van der Waals surface area contributed by atoms with Crippen LogP contribution in [0.2, 0.25) is 0 Å². The molecule has 2 heterocycles. The lowest BCUT2D eigenvalue weighted by molar-refractivity contribution is -0.143. The molecular weight excluding hydrogens is 364 g/mol. The first-order chi connectivity index (χ1) is 12.9. The maximum Gasteiger partial charge on any atom is 0.326 e. The Bertz CT molecular complexity index is 1060. The third-order valence-electron chi connectivity index (χ3n) is 4.10. The highest BCUT2D eigenvalue weighted by Crippen LogP contribution is 2.23. The van der Waals surface area contributed by atoms with Crippen molar-refractivity contribution in [1.82, 2.24) is 14.3 Å². The number of hydrogen-bond acceptors (Lipinski definition) is 5. The molecule has 0 N–H and O–H groups in total. The quantitative estimate of drug-likeness (QED) is 0.632. The van der Waals surface area contributed by atoms with Crippen molar-refractivity contribution in [2.75, 3.05) is 6.61 Å². The fourth-order valence-corrected chi connectivity index (χ4v) is 3.77. The second kappa shape index (κ2) is 7.87. The average Bonchev–Trinajstić information content (AvgIpc) is 3.19. The van der Waals surface area contributed by atoms with Crippen LogP contribution < -0.4 is 4.80 Å². The van der Waals surface area contributed by atoms with E-state index < -0.39 is 5.91 Å². The van der Waals surface area contributed by atoms with Crippen LogP contribution >= 0.6 is 11.3 Å². The molecule has 7 nitrogen and oxygen atoms in total. The molecule has 0 aliphatic rings. The van der Waals surface area contributed by atoms with E-state index in [0.29, 0.717) is 17.3 Å². The van der Waals surface area contributed by atoms with Gasteiger partial charge in [0, 0.05) is 13.2 Å². The van der Waals surface area contributed by atoms with Crippen LogP contribution in [-0.2, 0) is 23.1 Å². The van der Waals surface area contributed by atoms with Crippen molar-refractivity contribution in [2.45, 2.75) is 33.2 Å². The number of rotatable bonds is 5. The molecule has 0 aliphatic heterocycles. The van der Waals surface area contributed by atoms with Crippen LogP contribution in [0.15, 0.2) is 35.5 Å². The SMILES string of the molecule is CCOC(=O)Cn1c(=NC(=O)c2ccn(C)n2)sc2cc(C(C)C)ccc21. The fourth-order valence-electron chi connectivity index (χ4n) is 2.70. The largest absolute Gasteiger partial charge is 0.465 e. The van der Waals surface area contributed by atoms with Crippen molar-refractivity contribution in [2.24, 2.45) is 12.0 Å². The van der Waals surface area contributed by atoms with Crippen molar-refractivity contribution >= 4 is 33.4 Å². The summed E-state index contributed by atoms with van der Waals surface area (Å²) in [5, 5.41) is 4.10. The van der Waals surface area contributed by atoms with Crippen LogP contribution in [0.1, 0.15) is 42.7 Å². The molecule has 0 fully saturated rings. The predicted octanol–water partition coefficient (Wildman–Crippen LogP) is 2.86. The fraction of sp³-hybridized carbons (Fsp3) is 0.368. The highest BCUT2D eigenvalue weighted by Gasteiger charge is 2.14. The zero-order chi connectivity index (χ0) is 19.6. The number of benzene rings is 1. The summed E-state index contributed by atoms with van der Waals surface area (Å²) in [5.74, 6) is -0.425. The van der Waals surface area contributed by atoms with Gasteiger partial charge in [0.05, 0.1) is 16.8 Å².